The number of hydrogen-bond acceptors (Lipinski definition) is 17. The van der Waals surface area contributed by atoms with Crippen LogP contribution in [0.5, 0.6) is 0 Å². The van der Waals surface area contributed by atoms with Gasteiger partial charge in [0.2, 0.25) is 5.95 Å². The smallest absolute Gasteiger partial charge is 0.387 e. The number of fused-ring (bicyclic) bond motifs is 6. The Kier molecular flexibility index (Phi) is 9.67. The number of nitrogens with two attached hydrogens (primary N) is 2. The Hall–Kier alpha value is -5.45. The second-order valence-electron chi connectivity index (χ2n) is 14.6. The number of benzene rings is 3. The zero-order valence-corrected chi connectivity index (χ0v) is 33.1. The highest BCUT2D eigenvalue weighted by atomic mass is 31.2. The molecule has 24 heteroatoms. The lowest BCUT2D eigenvalue weighted by Gasteiger charge is -2.25. The third-order valence-electron chi connectivity index (χ3n) is 10.9. The molecule has 316 valence electrons. The quantitative estimate of drug-likeness (QED) is 0.125. The van der Waals surface area contributed by atoms with Crippen molar-refractivity contribution in [2.45, 2.75) is 49.1 Å². The number of ether oxygens (including phenoxy) is 2. The van der Waals surface area contributed by atoms with E-state index in [0.717, 1.165) is 32.8 Å². The summed E-state index contributed by atoms with van der Waals surface area (Å²) < 4.78 is 63.2. The number of phosphoric acid groups is 2. The Morgan fingerprint density at radius 1 is 0.738 bits per heavy atom. The molecular formula is C37H35N9O13P2. The highest BCUT2D eigenvalue weighted by Crippen LogP contribution is 2.54. The topological polar surface area (TPSA) is 317 Å². The SMILES string of the molecule is Nc1nc2c(ncn2[C@@H]2O[C@@H]3COP(=O)(O)O[C@H]4[C@@H](O)[C@H](n5cc(-c6ccc(-c7ccc8ccccc8c7)cc6)c6c(N)ncnc65)O[C@@H]4COP(=O)(O)O[C@@H]2[C@@H]3O)c(=O)[nH]1. The summed E-state index contributed by atoms with van der Waals surface area (Å²) in [6.45, 7) is -1.69. The summed E-state index contributed by atoms with van der Waals surface area (Å²) >= 11 is 0. The standard InChI is InChI=1S/C37H35N9O13P2/c38-31-25-22(19-8-5-18(6-9-19)21-10-7-17-3-1-2-4-20(17)11-21)12-45(32(25)41-15-40-31)35-28(48)29-24(57-35)14-55-61(52,53)59-30-27(47)23(13-54-60(50,51)58-29)56-36(30)46-16-42-26-33(46)43-37(39)44-34(26)49/h1-12,15-16,23-24,27-30,35-36,47-48H,13-14H2,(H,50,51)(H,52,53)(H2,38,40,41)(H3,39,43,44,49)/t23-,24-,27-,28-,29-,30-,35-,36-/m1/s1. The van der Waals surface area contributed by atoms with E-state index in [-0.39, 0.29) is 28.6 Å². The predicted molar refractivity (Wildman–Crippen MR) is 214 cm³/mol. The molecule has 2 unspecified atom stereocenters. The molecule has 22 nitrogen and oxygen atoms in total. The molecule has 3 fully saturated rings. The lowest BCUT2D eigenvalue weighted by molar-refractivity contribution is -0.0671. The third kappa shape index (κ3) is 7.11. The summed E-state index contributed by atoms with van der Waals surface area (Å²) in [5.74, 6) is -0.171. The van der Waals surface area contributed by atoms with Gasteiger partial charge in [-0.15, -0.1) is 0 Å². The zero-order chi connectivity index (χ0) is 42.4. The molecule has 7 aromatic rings. The van der Waals surface area contributed by atoms with Crippen LogP contribution in [0.25, 0.3) is 55.2 Å². The van der Waals surface area contributed by atoms with Gasteiger partial charge in [0.05, 0.1) is 24.9 Å². The normalized spacial score (nSPS) is 30.9. The third-order valence-corrected chi connectivity index (χ3v) is 12.8. The number of nitrogen functional groups attached to an aromatic ring is 2. The highest BCUT2D eigenvalue weighted by Gasteiger charge is 2.54. The van der Waals surface area contributed by atoms with Crippen molar-refractivity contribution in [2.24, 2.45) is 0 Å². The molecule has 61 heavy (non-hydrogen) atoms. The van der Waals surface area contributed by atoms with Gasteiger partial charge in [-0.25, -0.2) is 24.1 Å². The molecule has 9 N–H and O–H groups in total. The van der Waals surface area contributed by atoms with E-state index in [0.29, 0.717) is 16.5 Å². The van der Waals surface area contributed by atoms with Gasteiger partial charge in [0.25, 0.3) is 5.56 Å². The van der Waals surface area contributed by atoms with Gasteiger partial charge in [-0.05, 0) is 33.5 Å². The maximum Gasteiger partial charge on any atom is 0.472 e. The number of rotatable bonds is 4. The summed E-state index contributed by atoms with van der Waals surface area (Å²) in [7, 11) is -10.3. The molecule has 10 atom stereocenters. The first kappa shape index (κ1) is 39.7. The van der Waals surface area contributed by atoms with E-state index in [4.69, 9.17) is 39.0 Å². The van der Waals surface area contributed by atoms with Gasteiger partial charge in [-0.2, -0.15) is 4.98 Å². The number of nitrogens with one attached hydrogen (secondary N) is 1. The van der Waals surface area contributed by atoms with E-state index in [1.165, 1.54) is 10.9 Å². The van der Waals surface area contributed by atoms with E-state index in [2.05, 4.69) is 37.1 Å². The van der Waals surface area contributed by atoms with Crippen molar-refractivity contribution in [3.05, 3.63) is 95.9 Å². The zero-order valence-electron chi connectivity index (χ0n) is 31.3. The summed E-state index contributed by atoms with van der Waals surface area (Å²) in [6, 6.07) is 21.9. The van der Waals surface area contributed by atoms with Crippen LogP contribution in [0.4, 0.5) is 11.8 Å². The van der Waals surface area contributed by atoms with Crippen LogP contribution in [0, 0.1) is 0 Å². The van der Waals surface area contributed by atoms with Gasteiger partial charge >= 0.3 is 15.6 Å². The minimum absolute atomic E-state index is 0.116. The van der Waals surface area contributed by atoms with E-state index in [1.54, 1.807) is 6.20 Å². The van der Waals surface area contributed by atoms with Crippen molar-refractivity contribution >= 4 is 60.4 Å². The van der Waals surface area contributed by atoms with E-state index >= 15 is 0 Å². The molecule has 3 aromatic carbocycles. The molecule has 3 aliphatic heterocycles. The van der Waals surface area contributed by atoms with Crippen molar-refractivity contribution < 1.29 is 56.7 Å². The first-order valence-electron chi connectivity index (χ1n) is 18.6. The molecule has 7 heterocycles. The average Bonchev–Trinajstić information content (AvgIpc) is 3.99. The number of H-pyrrole nitrogens is 1. The van der Waals surface area contributed by atoms with Crippen LogP contribution in [0.15, 0.2) is 90.4 Å². The fraction of sp³-hybridized carbons (Fsp3) is 0.270. The van der Waals surface area contributed by atoms with Gasteiger partial charge in [0.1, 0.15) is 54.4 Å². The Morgan fingerprint density at radius 2 is 1.41 bits per heavy atom. The minimum Gasteiger partial charge on any atom is -0.387 e. The number of aromatic amines is 1. The molecule has 3 saturated heterocycles. The number of aliphatic hydroxyl groups excluding tert-OH is 2. The number of aliphatic hydroxyl groups is 2. The van der Waals surface area contributed by atoms with E-state index in [9.17, 15) is 33.9 Å². The molecule has 3 aliphatic rings. The maximum absolute atomic E-state index is 13.6. The lowest BCUT2D eigenvalue weighted by Crippen LogP contribution is -2.36. The van der Waals surface area contributed by atoms with Crippen molar-refractivity contribution in [1.29, 1.82) is 0 Å². The van der Waals surface area contributed by atoms with Crippen LogP contribution in [0.2, 0.25) is 0 Å². The van der Waals surface area contributed by atoms with Crippen molar-refractivity contribution in [1.82, 2.24) is 34.1 Å². The van der Waals surface area contributed by atoms with Crippen molar-refractivity contribution in [2.75, 3.05) is 24.7 Å². The molecule has 4 aromatic heterocycles. The Balaban J connectivity index is 0.956. The second-order valence-corrected chi connectivity index (χ2v) is 17.4. The van der Waals surface area contributed by atoms with Gasteiger partial charge < -0.3 is 45.5 Å². The fourth-order valence-electron chi connectivity index (χ4n) is 7.97. The Labute approximate surface area is 342 Å². The largest absolute Gasteiger partial charge is 0.472 e. The van der Waals surface area contributed by atoms with Crippen LogP contribution in [-0.2, 0) is 36.7 Å². The van der Waals surface area contributed by atoms with Crippen molar-refractivity contribution in [3.8, 4) is 22.3 Å². The number of nitrogens with zero attached hydrogens (tertiary/aromatic N) is 6. The average molecular weight is 876 g/mol. The summed E-state index contributed by atoms with van der Waals surface area (Å²) in [5, 5.41) is 25.6. The summed E-state index contributed by atoms with van der Waals surface area (Å²) in [4.78, 5) is 53.3. The highest BCUT2D eigenvalue weighted by molar-refractivity contribution is 7.47. The molecule has 2 bridgehead atoms. The molecular weight excluding hydrogens is 840 g/mol. The fourth-order valence-corrected chi connectivity index (χ4v) is 9.87. The van der Waals surface area contributed by atoms with Crippen LogP contribution >= 0.6 is 15.6 Å². The monoisotopic (exact) mass is 875 g/mol. The molecule has 0 amide bonds. The second kappa shape index (κ2) is 14.9. The summed E-state index contributed by atoms with van der Waals surface area (Å²) in [5.41, 5.74) is 14.6. The van der Waals surface area contributed by atoms with Gasteiger partial charge in [0.15, 0.2) is 23.6 Å². The number of aromatic nitrogens is 7. The van der Waals surface area contributed by atoms with Crippen LogP contribution in [-0.4, -0.2) is 104 Å². The Morgan fingerprint density at radius 3 is 2.18 bits per heavy atom. The van der Waals surface area contributed by atoms with Crippen molar-refractivity contribution in [3.63, 3.8) is 0 Å². The van der Waals surface area contributed by atoms with Gasteiger partial charge in [-0.3, -0.25) is 32.4 Å². The van der Waals surface area contributed by atoms with Gasteiger partial charge in [0, 0.05) is 11.8 Å². The predicted octanol–water partition coefficient (Wildman–Crippen LogP) is 2.75. The van der Waals surface area contributed by atoms with Crippen LogP contribution < -0.4 is 17.0 Å². The van der Waals surface area contributed by atoms with Crippen LogP contribution in [0.1, 0.15) is 12.5 Å². The number of imidazole rings is 1. The van der Waals surface area contributed by atoms with E-state index < -0.39 is 83.5 Å². The summed E-state index contributed by atoms with van der Waals surface area (Å²) in [6.07, 6.45) is -8.99. The molecule has 0 aliphatic carbocycles. The lowest BCUT2D eigenvalue weighted by atomic mass is 9.98. The minimum atomic E-state index is -5.19. The molecule has 10 rings (SSSR count). The number of anilines is 2. The maximum atomic E-state index is 13.6. The van der Waals surface area contributed by atoms with E-state index in [1.807, 2.05) is 54.6 Å². The number of phosphoric ester groups is 2. The molecule has 0 radical (unpaired) electrons. The number of hydrogen-bond donors (Lipinski definition) is 7. The van der Waals surface area contributed by atoms with Gasteiger partial charge in [-0.1, -0.05) is 60.7 Å². The first-order chi connectivity index (χ1) is 29.2. The molecule has 0 saturated carbocycles. The first-order valence-corrected chi connectivity index (χ1v) is 21.6. The van der Waals surface area contributed by atoms with Crippen LogP contribution in [0.3, 0.4) is 0 Å². The Bertz CT molecular complexity index is 3000. The molecule has 0 spiro atoms.